The van der Waals surface area contributed by atoms with Crippen LogP contribution in [0.4, 0.5) is 10.5 Å². The highest BCUT2D eigenvalue weighted by Crippen LogP contribution is 2.30. The minimum Gasteiger partial charge on any atom is -0.465 e. The molecule has 0 unspecified atom stereocenters. The summed E-state index contributed by atoms with van der Waals surface area (Å²) in [5.41, 5.74) is 0.628. The average Bonchev–Trinajstić information content (AvgIpc) is 3.10. The van der Waals surface area contributed by atoms with Crippen molar-refractivity contribution >= 4 is 29.6 Å². The molecule has 2 aliphatic heterocycles. The van der Waals surface area contributed by atoms with Crippen molar-refractivity contribution in [3.8, 4) is 0 Å². The molecule has 0 atom stereocenters. The average molecular weight is 469 g/mol. The molecular formula is C24H27N3O7. The van der Waals surface area contributed by atoms with E-state index in [1.54, 1.807) is 59.3 Å². The molecule has 1 fully saturated rings. The van der Waals surface area contributed by atoms with E-state index in [1.807, 2.05) is 0 Å². The van der Waals surface area contributed by atoms with E-state index >= 15 is 0 Å². The SMILES string of the molecule is CCOC(=O)N1CCN(C(=O)c2ccccc2N2C=CC=CC(C(=O)OC)=C2C(=O)OC)CC1. The number of ether oxygens (including phenoxy) is 3. The van der Waals surface area contributed by atoms with E-state index in [2.05, 4.69) is 0 Å². The molecule has 0 saturated carbocycles. The lowest BCUT2D eigenvalue weighted by Crippen LogP contribution is -2.50. The third-order valence-corrected chi connectivity index (χ3v) is 5.38. The largest absolute Gasteiger partial charge is 0.465 e. The van der Waals surface area contributed by atoms with E-state index < -0.39 is 18.0 Å². The molecule has 0 aromatic heterocycles. The van der Waals surface area contributed by atoms with Crippen molar-refractivity contribution in [3.05, 3.63) is 65.5 Å². The molecule has 0 spiro atoms. The normalized spacial score (nSPS) is 15.7. The Morgan fingerprint density at radius 2 is 1.53 bits per heavy atom. The van der Waals surface area contributed by atoms with Crippen molar-refractivity contribution in [2.75, 3.05) is 51.9 Å². The number of hydrogen-bond donors (Lipinski definition) is 0. The standard InChI is InChI=1S/C24H27N3O7/c1-4-34-24(31)26-15-13-25(14-16-26)21(28)17-9-5-6-11-19(17)27-12-8-7-10-18(22(29)32-2)20(27)23(30)33-3/h5-12H,4,13-16H2,1-3H3. The summed E-state index contributed by atoms with van der Waals surface area (Å²) in [7, 11) is 2.43. The predicted octanol–water partition coefficient (Wildman–Crippen LogP) is 2.09. The van der Waals surface area contributed by atoms with Gasteiger partial charge in [-0.2, -0.15) is 0 Å². The number of carbonyl (C=O) groups is 4. The van der Waals surface area contributed by atoms with Crippen LogP contribution in [-0.2, 0) is 23.8 Å². The summed E-state index contributed by atoms with van der Waals surface area (Å²) < 4.78 is 14.8. The Balaban J connectivity index is 1.95. The second-order valence-electron chi connectivity index (χ2n) is 7.31. The Bertz CT molecular complexity index is 1050. The molecule has 1 saturated heterocycles. The summed E-state index contributed by atoms with van der Waals surface area (Å²) in [5, 5.41) is 0. The highest BCUT2D eigenvalue weighted by atomic mass is 16.6. The van der Waals surface area contributed by atoms with Gasteiger partial charge in [0, 0.05) is 32.4 Å². The maximum Gasteiger partial charge on any atom is 0.409 e. The number of methoxy groups -OCH3 is 2. The Kier molecular flexibility index (Phi) is 8.07. The maximum atomic E-state index is 13.5. The van der Waals surface area contributed by atoms with E-state index in [4.69, 9.17) is 14.2 Å². The van der Waals surface area contributed by atoms with Crippen molar-refractivity contribution in [1.29, 1.82) is 0 Å². The van der Waals surface area contributed by atoms with Crippen LogP contribution in [0, 0.1) is 0 Å². The third-order valence-electron chi connectivity index (χ3n) is 5.38. The van der Waals surface area contributed by atoms with Crippen LogP contribution in [0.2, 0.25) is 0 Å². The molecule has 0 bridgehead atoms. The quantitative estimate of drug-likeness (QED) is 0.477. The van der Waals surface area contributed by atoms with E-state index in [0.29, 0.717) is 37.4 Å². The van der Waals surface area contributed by atoms with Gasteiger partial charge in [-0.25, -0.2) is 14.4 Å². The zero-order valence-electron chi connectivity index (χ0n) is 19.4. The highest BCUT2D eigenvalue weighted by molar-refractivity contribution is 6.07. The third kappa shape index (κ3) is 5.11. The van der Waals surface area contributed by atoms with Gasteiger partial charge >= 0.3 is 18.0 Å². The molecule has 3 rings (SSSR count). The fraction of sp³-hybridized carbons (Fsp3) is 0.333. The summed E-state index contributed by atoms with van der Waals surface area (Å²) in [6.45, 7) is 3.38. The number of nitrogens with zero attached hydrogens (tertiary/aromatic N) is 3. The summed E-state index contributed by atoms with van der Waals surface area (Å²) in [5.74, 6) is -1.75. The van der Waals surface area contributed by atoms with Crippen LogP contribution in [0.1, 0.15) is 17.3 Å². The molecule has 10 nitrogen and oxygen atoms in total. The van der Waals surface area contributed by atoms with Crippen LogP contribution in [0.5, 0.6) is 0 Å². The van der Waals surface area contributed by atoms with Gasteiger partial charge in [0.2, 0.25) is 0 Å². The molecule has 10 heteroatoms. The number of carbonyl (C=O) groups excluding carboxylic acids is 4. The second kappa shape index (κ2) is 11.2. The number of allylic oxidation sites excluding steroid dienone is 2. The van der Waals surface area contributed by atoms with Gasteiger partial charge in [0.05, 0.1) is 37.7 Å². The van der Waals surface area contributed by atoms with Gasteiger partial charge in [0.15, 0.2) is 0 Å². The first-order valence-electron chi connectivity index (χ1n) is 10.8. The molecule has 2 amide bonds. The zero-order valence-corrected chi connectivity index (χ0v) is 19.4. The molecular weight excluding hydrogens is 442 g/mol. The fourth-order valence-corrected chi connectivity index (χ4v) is 3.69. The second-order valence-corrected chi connectivity index (χ2v) is 7.31. The Morgan fingerprint density at radius 3 is 2.18 bits per heavy atom. The minimum absolute atomic E-state index is 0.00958. The Morgan fingerprint density at radius 1 is 0.882 bits per heavy atom. The summed E-state index contributed by atoms with van der Waals surface area (Å²) >= 11 is 0. The summed E-state index contributed by atoms with van der Waals surface area (Å²) in [4.78, 5) is 55.2. The maximum absolute atomic E-state index is 13.5. The molecule has 34 heavy (non-hydrogen) atoms. The minimum atomic E-state index is -0.762. The first kappa shape index (κ1) is 24.6. The first-order valence-corrected chi connectivity index (χ1v) is 10.8. The lowest BCUT2D eigenvalue weighted by Gasteiger charge is -2.35. The van der Waals surface area contributed by atoms with Crippen molar-refractivity contribution in [2.24, 2.45) is 0 Å². The van der Waals surface area contributed by atoms with Crippen molar-refractivity contribution < 1.29 is 33.4 Å². The molecule has 180 valence electrons. The van der Waals surface area contributed by atoms with E-state index in [0.717, 1.165) is 0 Å². The number of rotatable bonds is 5. The van der Waals surface area contributed by atoms with Crippen molar-refractivity contribution in [2.45, 2.75) is 6.92 Å². The van der Waals surface area contributed by atoms with E-state index in [9.17, 15) is 19.2 Å². The smallest absolute Gasteiger partial charge is 0.409 e. The number of anilines is 1. The molecule has 2 heterocycles. The van der Waals surface area contributed by atoms with Gasteiger partial charge in [-0.3, -0.25) is 4.79 Å². The number of hydrogen-bond acceptors (Lipinski definition) is 8. The number of esters is 2. The van der Waals surface area contributed by atoms with Crippen LogP contribution in [0.25, 0.3) is 0 Å². The van der Waals surface area contributed by atoms with Gasteiger partial charge in [0.1, 0.15) is 5.70 Å². The molecule has 0 N–H and O–H groups in total. The van der Waals surface area contributed by atoms with Crippen molar-refractivity contribution in [3.63, 3.8) is 0 Å². The number of piperazine rings is 1. The van der Waals surface area contributed by atoms with Crippen LogP contribution in [0.3, 0.4) is 0 Å². The summed E-state index contributed by atoms with van der Waals surface area (Å²) in [6.07, 6.45) is 5.85. The van der Waals surface area contributed by atoms with Gasteiger partial charge in [0.25, 0.3) is 5.91 Å². The Labute approximate surface area is 197 Å². The number of para-hydroxylation sites is 1. The van der Waals surface area contributed by atoms with E-state index in [-0.39, 0.29) is 23.8 Å². The molecule has 0 radical (unpaired) electrons. The molecule has 1 aromatic carbocycles. The van der Waals surface area contributed by atoms with E-state index in [1.165, 1.54) is 25.2 Å². The lowest BCUT2D eigenvalue weighted by molar-refractivity contribution is -0.139. The topological polar surface area (TPSA) is 106 Å². The first-order chi connectivity index (χ1) is 16.4. The molecule has 0 aliphatic carbocycles. The summed E-state index contributed by atoms with van der Waals surface area (Å²) in [6, 6.07) is 6.77. The van der Waals surface area contributed by atoms with Crippen LogP contribution < -0.4 is 4.90 Å². The van der Waals surface area contributed by atoms with Gasteiger partial charge < -0.3 is 28.9 Å². The number of amides is 2. The van der Waals surface area contributed by atoms with Crippen LogP contribution >= 0.6 is 0 Å². The molecule has 2 aliphatic rings. The van der Waals surface area contributed by atoms with Crippen LogP contribution in [-0.4, -0.2) is 80.7 Å². The van der Waals surface area contributed by atoms with Crippen molar-refractivity contribution in [1.82, 2.24) is 9.80 Å². The van der Waals surface area contributed by atoms with Gasteiger partial charge in [-0.1, -0.05) is 18.2 Å². The lowest BCUT2D eigenvalue weighted by atomic mass is 10.1. The van der Waals surface area contributed by atoms with Crippen LogP contribution in [0.15, 0.2) is 60.0 Å². The van der Waals surface area contributed by atoms with Gasteiger partial charge in [-0.05, 0) is 31.2 Å². The fourth-order valence-electron chi connectivity index (χ4n) is 3.69. The molecule has 1 aromatic rings. The zero-order chi connectivity index (χ0) is 24.7. The number of benzene rings is 1. The predicted molar refractivity (Wildman–Crippen MR) is 123 cm³/mol. The monoisotopic (exact) mass is 469 g/mol. The Hall–Kier alpha value is -4.08. The highest BCUT2D eigenvalue weighted by Gasteiger charge is 2.31. The van der Waals surface area contributed by atoms with Gasteiger partial charge in [-0.15, -0.1) is 0 Å².